The number of ether oxygens (including phenoxy) is 1. The van der Waals surface area contributed by atoms with Crippen LogP contribution in [0.15, 0.2) is 18.2 Å². The molecular weight excluding hydrogens is 246 g/mol. The number of anilines is 1. The molecule has 0 aromatic heterocycles. The Morgan fingerprint density at radius 2 is 2.11 bits per heavy atom. The molecule has 1 amide bonds. The van der Waals surface area contributed by atoms with Crippen molar-refractivity contribution in [2.24, 2.45) is 0 Å². The maximum atomic E-state index is 11.8. The summed E-state index contributed by atoms with van der Waals surface area (Å²) in [5.74, 6) is -1.14. The molecule has 19 heavy (non-hydrogen) atoms. The van der Waals surface area contributed by atoms with Gasteiger partial charge < -0.3 is 14.7 Å². The Morgan fingerprint density at radius 3 is 2.58 bits per heavy atom. The SMILES string of the molecule is CCC1C(C(=O)O)c2cc(OC)ccc2N1C(C)=O. The van der Waals surface area contributed by atoms with Gasteiger partial charge in [0.05, 0.1) is 13.2 Å². The molecular formula is C14H17NO4. The minimum atomic E-state index is -0.912. The zero-order chi connectivity index (χ0) is 14.2. The minimum absolute atomic E-state index is 0.137. The number of hydrogen-bond acceptors (Lipinski definition) is 3. The largest absolute Gasteiger partial charge is 0.497 e. The van der Waals surface area contributed by atoms with Gasteiger partial charge >= 0.3 is 5.97 Å². The van der Waals surface area contributed by atoms with E-state index in [0.717, 1.165) is 0 Å². The van der Waals surface area contributed by atoms with Crippen molar-refractivity contribution < 1.29 is 19.4 Å². The fourth-order valence-electron chi connectivity index (χ4n) is 2.78. The first-order valence-corrected chi connectivity index (χ1v) is 6.21. The normalized spacial score (nSPS) is 21.1. The van der Waals surface area contributed by atoms with E-state index in [-0.39, 0.29) is 11.9 Å². The number of aliphatic carboxylic acids is 1. The molecule has 5 heteroatoms. The third-order valence-electron chi connectivity index (χ3n) is 3.57. The van der Waals surface area contributed by atoms with Crippen LogP contribution in [0.2, 0.25) is 0 Å². The van der Waals surface area contributed by atoms with Crippen LogP contribution in [0.5, 0.6) is 5.75 Å². The van der Waals surface area contributed by atoms with Crippen molar-refractivity contribution in [3.8, 4) is 5.75 Å². The number of carboxylic acid groups (broad SMARTS) is 1. The molecule has 1 N–H and O–H groups in total. The number of carbonyl (C=O) groups is 2. The summed E-state index contributed by atoms with van der Waals surface area (Å²) in [5.41, 5.74) is 1.32. The lowest BCUT2D eigenvalue weighted by molar-refractivity contribution is -0.139. The van der Waals surface area contributed by atoms with Gasteiger partial charge in [-0.3, -0.25) is 9.59 Å². The monoisotopic (exact) mass is 263 g/mol. The van der Waals surface area contributed by atoms with E-state index in [2.05, 4.69) is 0 Å². The van der Waals surface area contributed by atoms with Crippen LogP contribution in [0.25, 0.3) is 0 Å². The molecule has 0 aliphatic carbocycles. The minimum Gasteiger partial charge on any atom is -0.497 e. The van der Waals surface area contributed by atoms with Crippen LogP contribution in [-0.4, -0.2) is 30.1 Å². The van der Waals surface area contributed by atoms with Crippen LogP contribution in [0.3, 0.4) is 0 Å². The Balaban J connectivity index is 2.60. The summed E-state index contributed by atoms with van der Waals surface area (Å²) in [5, 5.41) is 9.45. The fourth-order valence-corrected chi connectivity index (χ4v) is 2.78. The Hall–Kier alpha value is -2.04. The highest BCUT2D eigenvalue weighted by molar-refractivity contribution is 5.99. The summed E-state index contributed by atoms with van der Waals surface area (Å²) in [6.45, 7) is 3.35. The van der Waals surface area contributed by atoms with Gasteiger partial charge in [-0.1, -0.05) is 6.92 Å². The molecule has 0 bridgehead atoms. The zero-order valence-electron chi connectivity index (χ0n) is 11.2. The van der Waals surface area contributed by atoms with E-state index >= 15 is 0 Å². The summed E-state index contributed by atoms with van der Waals surface area (Å²) in [6, 6.07) is 4.86. The molecule has 2 rings (SSSR count). The lowest BCUT2D eigenvalue weighted by Gasteiger charge is -2.25. The average Bonchev–Trinajstić information content (AvgIpc) is 2.71. The second-order valence-electron chi connectivity index (χ2n) is 4.61. The van der Waals surface area contributed by atoms with E-state index in [4.69, 9.17) is 4.74 Å². The van der Waals surface area contributed by atoms with Gasteiger partial charge in [0.1, 0.15) is 11.7 Å². The van der Waals surface area contributed by atoms with Crippen LogP contribution in [0.4, 0.5) is 5.69 Å². The highest BCUT2D eigenvalue weighted by atomic mass is 16.5. The smallest absolute Gasteiger partial charge is 0.313 e. The van der Waals surface area contributed by atoms with E-state index < -0.39 is 11.9 Å². The van der Waals surface area contributed by atoms with Crippen LogP contribution >= 0.6 is 0 Å². The van der Waals surface area contributed by atoms with Crippen molar-refractivity contribution >= 4 is 17.6 Å². The Morgan fingerprint density at radius 1 is 1.42 bits per heavy atom. The highest BCUT2D eigenvalue weighted by Crippen LogP contribution is 2.44. The summed E-state index contributed by atoms with van der Waals surface area (Å²) in [4.78, 5) is 24.9. The second-order valence-corrected chi connectivity index (χ2v) is 4.61. The van der Waals surface area contributed by atoms with Gasteiger partial charge in [-0.2, -0.15) is 0 Å². The molecule has 1 aliphatic rings. The van der Waals surface area contributed by atoms with Gasteiger partial charge in [-0.15, -0.1) is 0 Å². The van der Waals surface area contributed by atoms with E-state index in [1.165, 1.54) is 14.0 Å². The molecule has 1 aromatic rings. The number of fused-ring (bicyclic) bond motifs is 1. The van der Waals surface area contributed by atoms with Crippen molar-refractivity contribution in [2.45, 2.75) is 32.2 Å². The first-order valence-electron chi connectivity index (χ1n) is 6.21. The molecule has 2 atom stereocenters. The molecule has 0 spiro atoms. The molecule has 1 aromatic carbocycles. The Bertz CT molecular complexity index is 526. The number of carboxylic acids is 1. The number of amides is 1. The molecule has 0 saturated heterocycles. The van der Waals surface area contributed by atoms with Crippen LogP contribution in [0.1, 0.15) is 31.7 Å². The van der Waals surface area contributed by atoms with Crippen LogP contribution in [0, 0.1) is 0 Å². The van der Waals surface area contributed by atoms with Gasteiger partial charge in [0.2, 0.25) is 5.91 Å². The van der Waals surface area contributed by atoms with E-state index in [0.29, 0.717) is 23.4 Å². The maximum absolute atomic E-state index is 11.8. The molecule has 5 nitrogen and oxygen atoms in total. The molecule has 1 heterocycles. The summed E-state index contributed by atoms with van der Waals surface area (Å²) < 4.78 is 5.14. The Labute approximate surface area is 111 Å². The van der Waals surface area contributed by atoms with Gasteiger partial charge in [0.25, 0.3) is 0 Å². The third-order valence-corrected chi connectivity index (χ3v) is 3.57. The van der Waals surface area contributed by atoms with Crippen molar-refractivity contribution in [3.05, 3.63) is 23.8 Å². The van der Waals surface area contributed by atoms with E-state index in [1.807, 2.05) is 6.92 Å². The molecule has 1 aliphatic heterocycles. The van der Waals surface area contributed by atoms with Crippen molar-refractivity contribution in [2.75, 3.05) is 12.0 Å². The summed E-state index contributed by atoms with van der Waals surface area (Å²) in [7, 11) is 1.53. The highest BCUT2D eigenvalue weighted by Gasteiger charge is 2.43. The van der Waals surface area contributed by atoms with Gasteiger partial charge in [0.15, 0.2) is 0 Å². The number of hydrogen-bond donors (Lipinski definition) is 1. The maximum Gasteiger partial charge on any atom is 0.313 e. The fraction of sp³-hybridized carbons (Fsp3) is 0.429. The average molecular weight is 263 g/mol. The topological polar surface area (TPSA) is 66.8 Å². The lowest BCUT2D eigenvalue weighted by Crippen LogP contribution is -2.39. The predicted molar refractivity (Wildman–Crippen MR) is 70.6 cm³/mol. The number of carbonyl (C=O) groups excluding carboxylic acids is 1. The molecule has 2 unspecified atom stereocenters. The third kappa shape index (κ3) is 2.05. The Kier molecular flexibility index (Phi) is 3.46. The van der Waals surface area contributed by atoms with Crippen LogP contribution < -0.4 is 9.64 Å². The number of methoxy groups -OCH3 is 1. The summed E-state index contributed by atoms with van der Waals surface area (Å²) >= 11 is 0. The summed E-state index contributed by atoms with van der Waals surface area (Å²) in [6.07, 6.45) is 0.591. The first kappa shape index (κ1) is 13.4. The number of rotatable bonds is 3. The number of benzene rings is 1. The van der Waals surface area contributed by atoms with Crippen molar-refractivity contribution in [1.82, 2.24) is 0 Å². The first-order chi connectivity index (χ1) is 9.01. The van der Waals surface area contributed by atoms with E-state index in [9.17, 15) is 14.7 Å². The van der Waals surface area contributed by atoms with Crippen LogP contribution in [-0.2, 0) is 9.59 Å². The zero-order valence-corrected chi connectivity index (χ0v) is 11.2. The molecule has 0 fully saturated rings. The van der Waals surface area contributed by atoms with E-state index in [1.54, 1.807) is 23.1 Å². The van der Waals surface area contributed by atoms with Crippen molar-refractivity contribution in [3.63, 3.8) is 0 Å². The van der Waals surface area contributed by atoms with Gasteiger partial charge in [-0.05, 0) is 30.2 Å². The van der Waals surface area contributed by atoms with Gasteiger partial charge in [-0.25, -0.2) is 0 Å². The molecule has 0 radical (unpaired) electrons. The molecule has 0 saturated carbocycles. The lowest BCUT2D eigenvalue weighted by atomic mass is 9.93. The van der Waals surface area contributed by atoms with Gasteiger partial charge in [0, 0.05) is 12.6 Å². The molecule has 102 valence electrons. The predicted octanol–water partition coefficient (Wildman–Crippen LogP) is 2.01. The second kappa shape index (κ2) is 4.91. The quantitative estimate of drug-likeness (QED) is 0.905. The standard InChI is InChI=1S/C14H17NO4/c1-4-11-13(14(17)18)10-7-9(19-3)5-6-12(10)15(11)8(2)16/h5-7,11,13H,4H2,1-3H3,(H,17,18). The number of nitrogens with zero attached hydrogens (tertiary/aromatic N) is 1. The van der Waals surface area contributed by atoms with Crippen molar-refractivity contribution in [1.29, 1.82) is 0 Å².